The van der Waals surface area contributed by atoms with E-state index in [0.29, 0.717) is 28.9 Å². The molecule has 158 valence electrons. The van der Waals surface area contributed by atoms with Crippen LogP contribution >= 0.6 is 0 Å². The quantitative estimate of drug-likeness (QED) is 0.700. The second kappa shape index (κ2) is 7.68. The maximum Gasteiger partial charge on any atom is 0.273 e. The molecule has 3 aromatic heterocycles. The number of carbonyl (C=O) groups excluding carboxylic acids is 1. The second-order valence-electron chi connectivity index (χ2n) is 8.57. The van der Waals surface area contributed by atoms with E-state index < -0.39 is 0 Å². The SMILES string of the molecule is Cc1cnc(C(=O)N2C[C@H]3C[C@@H](Nc4nc(C)cc(C)n4)[C@@H]2C3)c(-c2ncccn2)c1. The topological polar surface area (TPSA) is 96.8 Å². The number of nitrogens with zero attached hydrogens (tertiary/aromatic N) is 6. The predicted molar refractivity (Wildman–Crippen MR) is 116 cm³/mol. The number of hydrogen-bond acceptors (Lipinski definition) is 7. The molecule has 1 aliphatic carbocycles. The maximum atomic E-state index is 13.6. The first-order chi connectivity index (χ1) is 15.0. The molecule has 0 unspecified atom stereocenters. The van der Waals surface area contributed by atoms with E-state index in [4.69, 9.17) is 0 Å². The Balaban J connectivity index is 1.42. The summed E-state index contributed by atoms with van der Waals surface area (Å²) in [5.41, 5.74) is 3.92. The minimum atomic E-state index is -0.0669. The second-order valence-corrected chi connectivity index (χ2v) is 8.57. The van der Waals surface area contributed by atoms with Gasteiger partial charge in [-0.15, -0.1) is 0 Å². The average molecular weight is 416 g/mol. The van der Waals surface area contributed by atoms with Crippen molar-refractivity contribution < 1.29 is 4.79 Å². The lowest BCUT2D eigenvalue weighted by molar-refractivity contribution is 0.0686. The maximum absolute atomic E-state index is 13.6. The highest BCUT2D eigenvalue weighted by atomic mass is 16.2. The van der Waals surface area contributed by atoms with Crippen LogP contribution in [0, 0.1) is 26.7 Å². The van der Waals surface area contributed by atoms with Crippen molar-refractivity contribution in [2.45, 2.75) is 45.7 Å². The average Bonchev–Trinajstić information content (AvgIpc) is 3.34. The van der Waals surface area contributed by atoms with Gasteiger partial charge in [0, 0.05) is 42.6 Å². The third-order valence-electron chi connectivity index (χ3n) is 6.07. The molecule has 1 amide bonds. The first-order valence-electron chi connectivity index (χ1n) is 10.6. The molecule has 1 saturated heterocycles. The van der Waals surface area contributed by atoms with E-state index in [9.17, 15) is 4.79 Å². The number of hydrogen-bond donors (Lipinski definition) is 1. The smallest absolute Gasteiger partial charge is 0.273 e. The van der Waals surface area contributed by atoms with E-state index >= 15 is 0 Å². The zero-order valence-electron chi connectivity index (χ0n) is 17.9. The molecule has 2 aliphatic rings. The summed E-state index contributed by atoms with van der Waals surface area (Å²) in [4.78, 5) is 37.8. The number of likely N-dealkylation sites (tertiary alicyclic amines) is 1. The van der Waals surface area contributed by atoms with Crippen LogP contribution in [0.4, 0.5) is 5.95 Å². The molecular formula is C23H25N7O. The summed E-state index contributed by atoms with van der Waals surface area (Å²) in [6, 6.07) is 5.88. The highest BCUT2D eigenvalue weighted by Gasteiger charge is 2.47. The number of carbonyl (C=O) groups is 1. The van der Waals surface area contributed by atoms with Crippen LogP contribution in [0.15, 0.2) is 36.8 Å². The highest BCUT2D eigenvalue weighted by Crippen LogP contribution is 2.40. The highest BCUT2D eigenvalue weighted by molar-refractivity contribution is 5.98. The zero-order valence-corrected chi connectivity index (χ0v) is 17.9. The van der Waals surface area contributed by atoms with Crippen LogP contribution in [-0.2, 0) is 0 Å². The number of aryl methyl sites for hydroxylation is 3. The Kier molecular flexibility index (Phi) is 4.84. The fourth-order valence-electron chi connectivity index (χ4n) is 4.85. The van der Waals surface area contributed by atoms with E-state index in [-0.39, 0.29) is 18.0 Å². The number of amides is 1. The van der Waals surface area contributed by atoms with Gasteiger partial charge in [0.25, 0.3) is 5.91 Å². The lowest BCUT2D eigenvalue weighted by Gasteiger charge is -2.34. The molecule has 0 radical (unpaired) electrons. The van der Waals surface area contributed by atoms with Gasteiger partial charge in [-0.1, -0.05) is 0 Å². The third kappa shape index (κ3) is 3.73. The molecule has 5 rings (SSSR count). The fourth-order valence-corrected chi connectivity index (χ4v) is 4.85. The van der Waals surface area contributed by atoms with Gasteiger partial charge in [0.05, 0.1) is 11.6 Å². The number of nitrogens with one attached hydrogen (secondary N) is 1. The van der Waals surface area contributed by atoms with Gasteiger partial charge in [-0.25, -0.2) is 19.9 Å². The molecule has 1 saturated carbocycles. The van der Waals surface area contributed by atoms with E-state index in [1.54, 1.807) is 24.7 Å². The fraction of sp³-hybridized carbons (Fsp3) is 0.391. The molecule has 8 heteroatoms. The predicted octanol–water partition coefficient (Wildman–Crippen LogP) is 2.97. The van der Waals surface area contributed by atoms with Crippen LogP contribution in [-0.4, -0.2) is 54.4 Å². The van der Waals surface area contributed by atoms with Gasteiger partial charge < -0.3 is 10.2 Å². The Bertz CT molecular complexity index is 1110. The van der Waals surface area contributed by atoms with E-state index in [2.05, 4.69) is 30.2 Å². The van der Waals surface area contributed by atoms with Crippen molar-refractivity contribution in [1.29, 1.82) is 0 Å². The minimum absolute atomic E-state index is 0.0669. The van der Waals surface area contributed by atoms with Gasteiger partial charge in [-0.2, -0.15) is 0 Å². The van der Waals surface area contributed by atoms with Crippen LogP contribution in [0.25, 0.3) is 11.4 Å². The van der Waals surface area contributed by atoms with Crippen LogP contribution < -0.4 is 5.32 Å². The summed E-state index contributed by atoms with van der Waals surface area (Å²) in [5.74, 6) is 1.56. The largest absolute Gasteiger partial charge is 0.349 e. The summed E-state index contributed by atoms with van der Waals surface area (Å²) in [7, 11) is 0. The van der Waals surface area contributed by atoms with Crippen molar-refractivity contribution in [2.75, 3.05) is 11.9 Å². The summed E-state index contributed by atoms with van der Waals surface area (Å²) in [6.07, 6.45) is 7.09. The van der Waals surface area contributed by atoms with E-state index in [0.717, 1.165) is 36.3 Å². The van der Waals surface area contributed by atoms with Crippen molar-refractivity contribution in [3.05, 3.63) is 59.4 Å². The Morgan fingerprint density at radius 2 is 1.77 bits per heavy atom. The zero-order chi connectivity index (χ0) is 21.5. The molecule has 2 fully saturated rings. The molecule has 2 bridgehead atoms. The number of anilines is 1. The van der Waals surface area contributed by atoms with Gasteiger partial charge in [0.15, 0.2) is 5.82 Å². The molecule has 1 N–H and O–H groups in total. The molecule has 31 heavy (non-hydrogen) atoms. The van der Waals surface area contributed by atoms with Crippen LogP contribution in [0.2, 0.25) is 0 Å². The van der Waals surface area contributed by atoms with Crippen molar-refractivity contribution in [2.24, 2.45) is 5.92 Å². The first-order valence-corrected chi connectivity index (χ1v) is 10.6. The first kappa shape index (κ1) is 19.5. The summed E-state index contributed by atoms with van der Waals surface area (Å²) in [5, 5.41) is 3.48. The Hall–Kier alpha value is -3.42. The third-order valence-corrected chi connectivity index (χ3v) is 6.07. The van der Waals surface area contributed by atoms with Gasteiger partial charge in [-0.05, 0) is 63.3 Å². The lowest BCUT2D eigenvalue weighted by atomic mass is 10.0. The van der Waals surface area contributed by atoms with Gasteiger partial charge >= 0.3 is 0 Å². The summed E-state index contributed by atoms with van der Waals surface area (Å²) < 4.78 is 0. The monoisotopic (exact) mass is 415 g/mol. The number of fused-ring (bicyclic) bond motifs is 2. The number of pyridine rings is 1. The van der Waals surface area contributed by atoms with Gasteiger partial charge in [0.1, 0.15) is 5.69 Å². The molecule has 0 spiro atoms. The van der Waals surface area contributed by atoms with Crippen LogP contribution in [0.5, 0.6) is 0 Å². The molecular weight excluding hydrogens is 390 g/mol. The van der Waals surface area contributed by atoms with Crippen LogP contribution in [0.3, 0.4) is 0 Å². The van der Waals surface area contributed by atoms with Crippen molar-refractivity contribution in [1.82, 2.24) is 29.8 Å². The molecule has 3 atom stereocenters. The number of rotatable bonds is 4. The minimum Gasteiger partial charge on any atom is -0.349 e. The summed E-state index contributed by atoms with van der Waals surface area (Å²) in [6.45, 7) is 6.63. The Labute approximate surface area is 181 Å². The lowest BCUT2D eigenvalue weighted by Crippen LogP contribution is -2.48. The molecule has 0 aromatic carbocycles. The summed E-state index contributed by atoms with van der Waals surface area (Å²) >= 11 is 0. The normalized spacial score (nSPS) is 22.0. The Morgan fingerprint density at radius 1 is 1.03 bits per heavy atom. The Morgan fingerprint density at radius 3 is 2.48 bits per heavy atom. The van der Waals surface area contributed by atoms with Gasteiger partial charge in [-0.3, -0.25) is 9.78 Å². The van der Waals surface area contributed by atoms with Crippen molar-refractivity contribution in [3.8, 4) is 11.4 Å². The standard InChI is InChI=1S/C23H25N7O/c1-13-7-17(21-24-5-4-6-25-21)20(26-11-13)22(31)30-12-16-9-18(19(30)10-16)29-23-27-14(2)8-15(3)28-23/h4-8,11,16,18-19H,9-10,12H2,1-3H3,(H,27,28,29)/t16-,18+,19-/m0/s1. The van der Waals surface area contributed by atoms with E-state index in [1.165, 1.54) is 0 Å². The number of aromatic nitrogens is 5. The van der Waals surface area contributed by atoms with Crippen molar-refractivity contribution in [3.63, 3.8) is 0 Å². The van der Waals surface area contributed by atoms with Gasteiger partial charge in [0.2, 0.25) is 5.95 Å². The van der Waals surface area contributed by atoms with E-state index in [1.807, 2.05) is 37.8 Å². The molecule has 8 nitrogen and oxygen atoms in total. The number of piperidine rings is 1. The van der Waals surface area contributed by atoms with Crippen LogP contribution in [0.1, 0.15) is 40.3 Å². The molecule has 4 heterocycles. The molecule has 1 aliphatic heterocycles. The van der Waals surface area contributed by atoms with Crippen molar-refractivity contribution >= 4 is 11.9 Å². The molecule has 3 aromatic rings.